The predicted molar refractivity (Wildman–Crippen MR) is 64.2 cm³/mol. The van der Waals surface area contributed by atoms with E-state index in [-0.39, 0.29) is 10.9 Å². The average Bonchev–Trinajstić information content (AvgIpc) is 2.27. The fraction of sp³-hybridized carbons (Fsp3) is 0.500. The van der Waals surface area contributed by atoms with Crippen LogP contribution in [0.3, 0.4) is 0 Å². The smallest absolute Gasteiger partial charge is 0.369 e. The van der Waals surface area contributed by atoms with Gasteiger partial charge in [-0.1, -0.05) is 34.1 Å². The first kappa shape index (κ1) is 15.4. The number of halogens is 5. The van der Waals surface area contributed by atoms with E-state index >= 15 is 0 Å². The Morgan fingerprint density at radius 1 is 1.22 bits per heavy atom. The number of rotatable bonds is 5. The van der Waals surface area contributed by atoms with Crippen molar-refractivity contribution in [3.63, 3.8) is 0 Å². The molecule has 1 rings (SSSR count). The number of alkyl halides is 4. The van der Waals surface area contributed by atoms with Gasteiger partial charge in [0.15, 0.2) is 0 Å². The second kappa shape index (κ2) is 6.02. The summed E-state index contributed by atoms with van der Waals surface area (Å²) in [5, 5.41) is 0.207. The Bertz CT molecular complexity index is 394. The van der Waals surface area contributed by atoms with Crippen molar-refractivity contribution in [3.05, 3.63) is 35.6 Å². The van der Waals surface area contributed by atoms with Crippen molar-refractivity contribution in [2.75, 3.05) is 11.9 Å². The lowest BCUT2D eigenvalue weighted by Crippen LogP contribution is -2.30. The van der Waals surface area contributed by atoms with Gasteiger partial charge in [0.1, 0.15) is 11.4 Å². The summed E-state index contributed by atoms with van der Waals surface area (Å²) < 4.78 is 55.0. The van der Waals surface area contributed by atoms with Gasteiger partial charge in [0, 0.05) is 10.9 Å². The molecule has 0 N–H and O–H groups in total. The summed E-state index contributed by atoms with van der Waals surface area (Å²) in [6, 6.07) is 5.89. The molecule has 0 aliphatic heterocycles. The number of benzene rings is 1. The van der Waals surface area contributed by atoms with Crippen molar-refractivity contribution in [1.29, 1.82) is 0 Å². The van der Waals surface area contributed by atoms with E-state index in [2.05, 4.69) is 15.9 Å². The monoisotopic (exact) mass is 328 g/mol. The molecule has 0 saturated carbocycles. The molecule has 0 aromatic heterocycles. The fourth-order valence-corrected chi connectivity index (χ4v) is 1.93. The number of hydrogen-bond acceptors (Lipinski definition) is 1. The van der Waals surface area contributed by atoms with Gasteiger partial charge in [-0.3, -0.25) is 0 Å². The summed E-state index contributed by atoms with van der Waals surface area (Å²) >= 11 is 3.15. The van der Waals surface area contributed by atoms with Gasteiger partial charge >= 0.3 is 6.18 Å². The molecule has 1 aromatic rings. The Hall–Kier alpha value is -0.620. The molecule has 1 atom stereocenters. The lowest BCUT2D eigenvalue weighted by molar-refractivity contribution is -0.155. The van der Waals surface area contributed by atoms with E-state index in [9.17, 15) is 17.6 Å². The largest absolute Gasteiger partial charge is 0.391 e. The van der Waals surface area contributed by atoms with Crippen molar-refractivity contribution in [3.8, 4) is 0 Å². The highest BCUT2D eigenvalue weighted by molar-refractivity contribution is 9.09. The van der Waals surface area contributed by atoms with E-state index in [0.717, 1.165) is 0 Å². The van der Waals surface area contributed by atoms with Gasteiger partial charge in [-0.15, -0.1) is 0 Å². The minimum atomic E-state index is -4.28. The molecule has 0 aliphatic rings. The lowest BCUT2D eigenvalue weighted by atomic mass is 9.97. The van der Waals surface area contributed by atoms with Crippen LogP contribution in [0.25, 0.3) is 0 Å². The topological polar surface area (TPSA) is 9.23 Å². The second-order valence-electron chi connectivity index (χ2n) is 4.06. The van der Waals surface area contributed by atoms with Crippen molar-refractivity contribution in [2.45, 2.75) is 25.1 Å². The van der Waals surface area contributed by atoms with Crippen molar-refractivity contribution in [1.82, 2.24) is 0 Å². The highest BCUT2D eigenvalue weighted by atomic mass is 79.9. The van der Waals surface area contributed by atoms with E-state index in [1.807, 2.05) is 0 Å². The van der Waals surface area contributed by atoms with Crippen LogP contribution in [-0.2, 0) is 10.3 Å². The Morgan fingerprint density at radius 3 is 2.33 bits per heavy atom. The van der Waals surface area contributed by atoms with Crippen LogP contribution in [-0.4, -0.2) is 18.1 Å². The lowest BCUT2D eigenvalue weighted by Gasteiger charge is -2.29. The van der Waals surface area contributed by atoms with Gasteiger partial charge in [-0.2, -0.15) is 13.2 Å². The second-order valence-corrected chi connectivity index (χ2v) is 4.62. The first-order chi connectivity index (χ1) is 8.28. The summed E-state index contributed by atoms with van der Waals surface area (Å²) in [4.78, 5) is 0. The fourth-order valence-electron chi connectivity index (χ4n) is 1.47. The molecular weight excluding hydrogens is 316 g/mol. The molecule has 0 bridgehead atoms. The molecule has 1 unspecified atom stereocenters. The van der Waals surface area contributed by atoms with Gasteiger partial charge in [-0.05, 0) is 13.0 Å². The Balaban J connectivity index is 2.77. The molecule has 1 aromatic carbocycles. The molecule has 18 heavy (non-hydrogen) atoms. The molecule has 6 heteroatoms. The maximum absolute atomic E-state index is 13.6. The van der Waals surface area contributed by atoms with E-state index < -0.39 is 30.6 Å². The van der Waals surface area contributed by atoms with Gasteiger partial charge < -0.3 is 4.74 Å². The highest BCUT2D eigenvalue weighted by Gasteiger charge is 2.32. The summed E-state index contributed by atoms with van der Waals surface area (Å²) in [5.74, 6) is -0.494. The van der Waals surface area contributed by atoms with Crippen LogP contribution in [0.1, 0.15) is 18.9 Å². The molecule has 0 amide bonds. The number of hydrogen-bond donors (Lipinski definition) is 0. The van der Waals surface area contributed by atoms with Gasteiger partial charge in [0.05, 0.1) is 13.0 Å². The summed E-state index contributed by atoms with van der Waals surface area (Å²) in [5.41, 5.74) is -0.875. The minimum Gasteiger partial charge on any atom is -0.369 e. The molecule has 0 spiro atoms. The van der Waals surface area contributed by atoms with E-state index in [4.69, 9.17) is 4.74 Å². The highest BCUT2D eigenvalue weighted by Crippen LogP contribution is 2.31. The number of ether oxygens (including phenoxy) is 1. The van der Waals surface area contributed by atoms with Crippen LogP contribution in [0.15, 0.2) is 24.3 Å². The van der Waals surface area contributed by atoms with Crippen molar-refractivity contribution >= 4 is 15.9 Å². The molecule has 0 aliphatic carbocycles. The summed E-state index contributed by atoms with van der Waals surface area (Å²) in [7, 11) is 0. The summed E-state index contributed by atoms with van der Waals surface area (Å²) in [6.45, 7) is 1.05. The quantitative estimate of drug-likeness (QED) is 0.575. The maximum atomic E-state index is 13.6. The Kier molecular flexibility index (Phi) is 5.16. The van der Waals surface area contributed by atoms with Crippen LogP contribution in [0.4, 0.5) is 17.6 Å². The first-order valence-electron chi connectivity index (χ1n) is 5.30. The Morgan fingerprint density at radius 2 is 1.83 bits per heavy atom. The van der Waals surface area contributed by atoms with Crippen molar-refractivity contribution < 1.29 is 22.3 Å². The Labute approximate surface area is 111 Å². The van der Waals surface area contributed by atoms with E-state index in [1.54, 1.807) is 13.0 Å². The standard InChI is InChI=1S/C12H13BrF4O/c1-11(8-13,18-7-6-12(15,16)17)9-4-2-3-5-10(9)14/h2-5H,6-8H2,1H3. The molecule has 0 saturated heterocycles. The summed E-state index contributed by atoms with van der Waals surface area (Å²) in [6.07, 6.45) is -5.33. The molecule has 0 fully saturated rings. The van der Waals surface area contributed by atoms with E-state index in [1.165, 1.54) is 18.2 Å². The predicted octanol–water partition coefficient (Wildman–Crippen LogP) is 4.40. The van der Waals surface area contributed by atoms with Gasteiger partial charge in [-0.25, -0.2) is 4.39 Å². The van der Waals surface area contributed by atoms with E-state index in [0.29, 0.717) is 0 Å². The zero-order valence-corrected chi connectivity index (χ0v) is 11.3. The van der Waals surface area contributed by atoms with Gasteiger partial charge in [0.25, 0.3) is 0 Å². The van der Waals surface area contributed by atoms with Crippen LogP contribution < -0.4 is 0 Å². The third-order valence-electron chi connectivity index (χ3n) is 2.50. The van der Waals surface area contributed by atoms with Gasteiger partial charge in [0.2, 0.25) is 0 Å². The van der Waals surface area contributed by atoms with Crippen molar-refractivity contribution in [2.24, 2.45) is 0 Å². The normalized spacial score (nSPS) is 15.4. The minimum absolute atomic E-state index is 0.207. The van der Waals surface area contributed by atoms with Crippen LogP contribution in [0.2, 0.25) is 0 Å². The molecule has 0 radical (unpaired) electrons. The molecule has 102 valence electrons. The molecule has 0 heterocycles. The van der Waals surface area contributed by atoms with Crippen LogP contribution in [0, 0.1) is 5.82 Å². The molecular formula is C12H13BrF4O. The third kappa shape index (κ3) is 4.24. The SMILES string of the molecule is CC(CBr)(OCCC(F)(F)F)c1ccccc1F. The van der Waals surface area contributed by atoms with Crippen LogP contribution >= 0.6 is 15.9 Å². The maximum Gasteiger partial charge on any atom is 0.391 e. The average molecular weight is 329 g/mol. The molecule has 1 nitrogen and oxygen atoms in total. The third-order valence-corrected chi connectivity index (χ3v) is 3.57. The zero-order valence-electron chi connectivity index (χ0n) is 9.73. The zero-order chi connectivity index (χ0) is 13.8. The first-order valence-corrected chi connectivity index (χ1v) is 6.42. The van der Waals surface area contributed by atoms with Crippen LogP contribution in [0.5, 0.6) is 0 Å².